The van der Waals surface area contributed by atoms with Crippen molar-refractivity contribution in [2.45, 2.75) is 13.8 Å². The molecule has 4 heteroatoms. The maximum atomic E-state index is 5.12. The molecule has 0 aliphatic carbocycles. The molecule has 0 unspecified atom stereocenters. The molecule has 0 amide bonds. The standard InChI is InChI=1S/C4H11PS2.Ti/c1-3-5(6,7)4-2;/h3-4H2,1-2H3,(H,6,7);. The Morgan fingerprint density at radius 3 is 1.62 bits per heavy atom. The molecule has 0 aromatic heterocycles. The van der Waals surface area contributed by atoms with Crippen LogP contribution in [0.2, 0.25) is 0 Å². The molecule has 0 N–H and O–H groups in total. The second kappa shape index (κ2) is 5.50. The number of rotatable bonds is 2. The topological polar surface area (TPSA) is 0 Å². The van der Waals surface area contributed by atoms with Crippen LogP contribution in [0.15, 0.2) is 0 Å². The van der Waals surface area contributed by atoms with Crippen molar-refractivity contribution >= 4 is 29.3 Å². The summed E-state index contributed by atoms with van der Waals surface area (Å²) in [6.07, 6.45) is 2.17. The monoisotopic (exact) mass is 202 g/mol. The van der Waals surface area contributed by atoms with Gasteiger partial charge in [-0.25, -0.2) is 0 Å². The molecule has 8 heavy (non-hydrogen) atoms. The molecule has 0 atom stereocenters. The second-order valence-corrected chi connectivity index (χ2v) is 9.64. The average molecular weight is 202 g/mol. The van der Waals surface area contributed by atoms with Gasteiger partial charge in [-0.2, -0.15) is 0 Å². The van der Waals surface area contributed by atoms with Crippen molar-refractivity contribution < 1.29 is 21.7 Å². The van der Waals surface area contributed by atoms with E-state index in [0.717, 1.165) is 12.3 Å². The SMILES string of the molecule is CCP(=S)(S)CC.[Ti]. The van der Waals surface area contributed by atoms with Crippen molar-refractivity contribution in [3.63, 3.8) is 0 Å². The maximum absolute atomic E-state index is 5.12. The van der Waals surface area contributed by atoms with Crippen LogP contribution in [-0.2, 0) is 33.5 Å². The summed E-state index contributed by atoms with van der Waals surface area (Å²) in [4.78, 5) is 0. The van der Waals surface area contributed by atoms with Crippen molar-refractivity contribution in [3.05, 3.63) is 0 Å². The zero-order chi connectivity index (χ0) is 5.91. The maximum Gasteiger partial charge on any atom is 0.00289 e. The molecule has 0 aromatic carbocycles. The first-order valence-electron chi connectivity index (χ1n) is 2.43. The first kappa shape index (κ1) is 12.4. The summed E-state index contributed by atoms with van der Waals surface area (Å²) in [5.74, 6) is 0. The number of thiol groups is 1. The van der Waals surface area contributed by atoms with Crippen molar-refractivity contribution in [1.29, 1.82) is 0 Å². The van der Waals surface area contributed by atoms with Gasteiger partial charge in [-0.15, -0.1) is 12.2 Å². The molecular formula is C4H11PS2Ti. The van der Waals surface area contributed by atoms with E-state index < -0.39 is 5.24 Å². The zero-order valence-electron chi connectivity index (χ0n) is 5.22. The minimum absolute atomic E-state index is 0. The molecule has 0 saturated carbocycles. The molecule has 0 aromatic rings. The van der Waals surface area contributed by atoms with Gasteiger partial charge in [0.25, 0.3) is 0 Å². The van der Waals surface area contributed by atoms with Gasteiger partial charge in [-0.05, 0) is 12.3 Å². The van der Waals surface area contributed by atoms with Crippen LogP contribution in [0.5, 0.6) is 0 Å². The Bertz CT molecular complexity index is 86.0. The van der Waals surface area contributed by atoms with Gasteiger partial charge < -0.3 is 0 Å². The fourth-order valence-corrected chi connectivity index (χ4v) is 0.671. The van der Waals surface area contributed by atoms with Crippen molar-refractivity contribution in [3.8, 4) is 0 Å². The van der Waals surface area contributed by atoms with Crippen LogP contribution in [0.4, 0.5) is 0 Å². The van der Waals surface area contributed by atoms with Crippen molar-refractivity contribution in [2.24, 2.45) is 0 Å². The van der Waals surface area contributed by atoms with Gasteiger partial charge in [-0.1, -0.05) is 25.7 Å². The molecule has 0 saturated heterocycles. The first-order chi connectivity index (χ1) is 3.12. The van der Waals surface area contributed by atoms with E-state index in [4.69, 9.17) is 11.8 Å². The molecule has 48 valence electrons. The summed E-state index contributed by atoms with van der Waals surface area (Å²) in [5, 5.41) is -1.13. The summed E-state index contributed by atoms with van der Waals surface area (Å²) < 4.78 is 0. The Morgan fingerprint density at radius 2 is 1.62 bits per heavy atom. The largest absolute Gasteiger partial charge is 0.141 e. The molecule has 0 nitrogen and oxygen atoms in total. The Morgan fingerprint density at radius 1 is 1.38 bits per heavy atom. The Kier molecular flexibility index (Phi) is 8.52. The van der Waals surface area contributed by atoms with E-state index in [2.05, 4.69) is 26.1 Å². The van der Waals surface area contributed by atoms with Crippen molar-refractivity contribution in [2.75, 3.05) is 12.3 Å². The second-order valence-electron chi connectivity index (χ2n) is 1.48. The summed E-state index contributed by atoms with van der Waals surface area (Å²) in [7, 11) is 0. The van der Waals surface area contributed by atoms with E-state index in [1.54, 1.807) is 0 Å². The van der Waals surface area contributed by atoms with Crippen LogP contribution >= 0.6 is 17.5 Å². The minimum Gasteiger partial charge on any atom is -0.141 e. The minimum atomic E-state index is -1.13. The third-order valence-corrected chi connectivity index (χ3v) is 6.21. The van der Waals surface area contributed by atoms with Gasteiger partial charge in [0.1, 0.15) is 0 Å². The van der Waals surface area contributed by atoms with Gasteiger partial charge in [0.2, 0.25) is 0 Å². The molecular weight excluding hydrogens is 191 g/mol. The van der Waals surface area contributed by atoms with E-state index in [-0.39, 0.29) is 21.7 Å². The van der Waals surface area contributed by atoms with E-state index in [9.17, 15) is 0 Å². The molecule has 0 spiro atoms. The molecule has 0 aliphatic heterocycles. The zero-order valence-corrected chi connectivity index (χ0v) is 9.38. The van der Waals surface area contributed by atoms with E-state index in [1.807, 2.05) is 0 Å². The van der Waals surface area contributed by atoms with E-state index >= 15 is 0 Å². The molecule has 0 heterocycles. The summed E-state index contributed by atoms with van der Waals surface area (Å²) in [6.45, 7) is 4.22. The average Bonchev–Trinajstić information content (AvgIpc) is 1.68. The van der Waals surface area contributed by atoms with E-state index in [0.29, 0.717) is 0 Å². The van der Waals surface area contributed by atoms with Crippen molar-refractivity contribution in [1.82, 2.24) is 0 Å². The van der Waals surface area contributed by atoms with Gasteiger partial charge in [0, 0.05) is 27.0 Å². The third kappa shape index (κ3) is 5.84. The summed E-state index contributed by atoms with van der Waals surface area (Å²) in [5.41, 5.74) is 0. The smallest absolute Gasteiger partial charge is 0.00289 e. The van der Waals surface area contributed by atoms with Gasteiger partial charge in [-0.3, -0.25) is 0 Å². The normalized spacial score (nSPS) is 10.4. The third-order valence-electron chi connectivity index (χ3n) is 0.988. The summed E-state index contributed by atoms with van der Waals surface area (Å²) in [6, 6.07) is 0. The quantitative estimate of drug-likeness (QED) is 0.407. The molecule has 0 rings (SSSR count). The summed E-state index contributed by atoms with van der Waals surface area (Å²) >= 11 is 9.43. The van der Waals surface area contributed by atoms with Gasteiger partial charge >= 0.3 is 0 Å². The fraction of sp³-hybridized carbons (Fsp3) is 1.00. The molecule has 0 bridgehead atoms. The number of hydrogen-bond donors (Lipinski definition) is 1. The van der Waals surface area contributed by atoms with Crippen LogP contribution in [0.3, 0.4) is 0 Å². The molecule has 0 aliphatic rings. The van der Waals surface area contributed by atoms with Crippen LogP contribution in [-0.4, -0.2) is 12.3 Å². The van der Waals surface area contributed by atoms with Crippen LogP contribution in [0.1, 0.15) is 13.8 Å². The fourth-order valence-electron chi connectivity index (χ4n) is 0.224. The van der Waals surface area contributed by atoms with Crippen LogP contribution in [0.25, 0.3) is 0 Å². The predicted molar refractivity (Wildman–Crippen MR) is 44.4 cm³/mol. The molecule has 0 fully saturated rings. The number of hydrogen-bond acceptors (Lipinski definition) is 1. The van der Waals surface area contributed by atoms with Gasteiger partial charge in [0.15, 0.2) is 0 Å². The van der Waals surface area contributed by atoms with Gasteiger partial charge in [0.05, 0.1) is 0 Å². The molecule has 0 radical (unpaired) electrons. The Labute approximate surface area is 76.9 Å². The predicted octanol–water partition coefficient (Wildman–Crippen LogP) is 2.35. The first-order valence-corrected chi connectivity index (χ1v) is 6.75. The Balaban J connectivity index is 0. The van der Waals surface area contributed by atoms with E-state index in [1.165, 1.54) is 0 Å². The van der Waals surface area contributed by atoms with Crippen LogP contribution < -0.4 is 0 Å². The Hall–Kier alpha value is 1.71. The van der Waals surface area contributed by atoms with Crippen LogP contribution in [0, 0.1) is 0 Å².